The van der Waals surface area contributed by atoms with Crippen LogP contribution in [0.15, 0.2) is 18.6 Å². The van der Waals surface area contributed by atoms with Gasteiger partial charge in [0.25, 0.3) is 0 Å². The molecule has 5 rings (SSSR count). The van der Waals surface area contributed by atoms with Crippen LogP contribution in [0.25, 0.3) is 11.0 Å². The number of fused-ring (bicyclic) bond motifs is 2. The summed E-state index contributed by atoms with van der Waals surface area (Å²) >= 11 is 0. The van der Waals surface area contributed by atoms with E-state index in [9.17, 15) is 0 Å². The summed E-state index contributed by atoms with van der Waals surface area (Å²) in [5.41, 5.74) is 3.29. The molecule has 8 nitrogen and oxygen atoms in total. The van der Waals surface area contributed by atoms with E-state index < -0.39 is 0 Å². The maximum Gasteiger partial charge on any atom is 0.186 e. The van der Waals surface area contributed by atoms with E-state index >= 15 is 0 Å². The van der Waals surface area contributed by atoms with Gasteiger partial charge in [0.15, 0.2) is 11.5 Å². The fraction of sp³-hybridized carbons (Fsp3) is 0.471. The van der Waals surface area contributed by atoms with Crippen molar-refractivity contribution in [1.29, 1.82) is 0 Å². The van der Waals surface area contributed by atoms with Crippen LogP contribution in [0.4, 0.5) is 11.6 Å². The van der Waals surface area contributed by atoms with Crippen LogP contribution in [0.3, 0.4) is 0 Å². The number of nitrogens with zero attached hydrogens (tertiary/aromatic N) is 7. The molecule has 2 aliphatic rings. The third-order valence-electron chi connectivity index (χ3n) is 5.08. The predicted octanol–water partition coefficient (Wildman–Crippen LogP) is 1.19. The Morgan fingerprint density at radius 1 is 1.20 bits per heavy atom. The van der Waals surface area contributed by atoms with Crippen LogP contribution in [0.5, 0.6) is 0 Å². The maximum atomic E-state index is 4.39. The summed E-state index contributed by atoms with van der Waals surface area (Å²) in [6.07, 6.45) is 6.94. The largest absolute Gasteiger partial charge is 0.369 e. The lowest BCUT2D eigenvalue weighted by atomic mass is 10.00. The molecule has 0 amide bonds. The summed E-state index contributed by atoms with van der Waals surface area (Å²) in [7, 11) is 1.90. The Labute approximate surface area is 145 Å². The second kappa shape index (κ2) is 5.65. The molecular weight excluding hydrogens is 316 g/mol. The van der Waals surface area contributed by atoms with Gasteiger partial charge in [-0.2, -0.15) is 10.2 Å². The molecule has 8 heteroatoms. The fourth-order valence-corrected chi connectivity index (χ4v) is 3.69. The average molecular weight is 336 g/mol. The molecule has 3 aromatic rings. The first-order valence-electron chi connectivity index (χ1n) is 8.75. The summed E-state index contributed by atoms with van der Waals surface area (Å²) in [6.45, 7) is 2.89. The topological polar surface area (TPSA) is 84.7 Å². The quantitative estimate of drug-likeness (QED) is 0.766. The van der Waals surface area contributed by atoms with E-state index in [2.05, 4.69) is 41.5 Å². The zero-order chi connectivity index (χ0) is 16.8. The van der Waals surface area contributed by atoms with Crippen LogP contribution in [-0.4, -0.2) is 49.6 Å². The van der Waals surface area contributed by atoms with Crippen molar-refractivity contribution in [2.75, 3.05) is 29.9 Å². The maximum absolute atomic E-state index is 4.39. The Morgan fingerprint density at radius 3 is 3.04 bits per heavy atom. The van der Waals surface area contributed by atoms with Gasteiger partial charge < -0.3 is 10.2 Å². The van der Waals surface area contributed by atoms with E-state index in [0.29, 0.717) is 5.92 Å². The minimum Gasteiger partial charge on any atom is -0.369 e. The Hall–Kier alpha value is -2.77. The van der Waals surface area contributed by atoms with E-state index in [1.54, 1.807) is 11.0 Å². The van der Waals surface area contributed by atoms with E-state index in [-0.39, 0.29) is 0 Å². The van der Waals surface area contributed by atoms with E-state index in [1.807, 2.05) is 13.2 Å². The predicted molar refractivity (Wildman–Crippen MR) is 94.6 cm³/mol. The van der Waals surface area contributed by atoms with Crippen LogP contribution in [0, 0.1) is 5.92 Å². The molecule has 128 valence electrons. The molecule has 1 aliphatic carbocycles. The normalized spacial score (nSPS) is 16.9. The molecule has 0 unspecified atom stereocenters. The van der Waals surface area contributed by atoms with Crippen molar-refractivity contribution < 1.29 is 0 Å². The highest BCUT2D eigenvalue weighted by Crippen LogP contribution is 2.27. The van der Waals surface area contributed by atoms with Crippen molar-refractivity contribution >= 4 is 22.7 Å². The zero-order valence-corrected chi connectivity index (χ0v) is 14.2. The Kier molecular flexibility index (Phi) is 3.29. The number of aromatic nitrogens is 6. The number of rotatable bonds is 4. The Balaban J connectivity index is 1.21. The number of hydrogen-bond acceptors (Lipinski definition) is 7. The van der Waals surface area contributed by atoms with Crippen LogP contribution >= 0.6 is 0 Å². The summed E-state index contributed by atoms with van der Waals surface area (Å²) in [5, 5.41) is 17.5. The molecule has 0 spiro atoms. The van der Waals surface area contributed by atoms with E-state index in [4.69, 9.17) is 0 Å². The second-order valence-corrected chi connectivity index (χ2v) is 6.94. The number of hydrogen-bond donors (Lipinski definition) is 1. The van der Waals surface area contributed by atoms with Gasteiger partial charge in [0.1, 0.15) is 12.1 Å². The van der Waals surface area contributed by atoms with Crippen LogP contribution in [0.2, 0.25) is 0 Å². The van der Waals surface area contributed by atoms with Gasteiger partial charge in [-0.15, -0.1) is 5.10 Å². The molecule has 3 aromatic heterocycles. The average Bonchev–Trinajstić information content (AvgIpc) is 3.18. The first-order chi connectivity index (χ1) is 12.3. The highest BCUT2D eigenvalue weighted by molar-refractivity contribution is 5.85. The molecule has 1 fully saturated rings. The summed E-state index contributed by atoms with van der Waals surface area (Å²) in [5.74, 6) is 2.46. The van der Waals surface area contributed by atoms with Crippen LogP contribution in [0.1, 0.15) is 17.7 Å². The molecular formula is C17H20N8. The molecule has 1 aliphatic heterocycles. The van der Waals surface area contributed by atoms with E-state index in [0.717, 1.165) is 55.1 Å². The van der Waals surface area contributed by atoms with Crippen molar-refractivity contribution in [3.63, 3.8) is 0 Å². The number of aryl methyl sites for hydroxylation is 3. The summed E-state index contributed by atoms with van der Waals surface area (Å²) in [4.78, 5) is 10.9. The molecule has 1 N–H and O–H groups in total. The molecule has 0 radical (unpaired) electrons. The van der Waals surface area contributed by atoms with Crippen molar-refractivity contribution in [3.05, 3.63) is 29.8 Å². The van der Waals surface area contributed by atoms with Crippen molar-refractivity contribution in [3.8, 4) is 0 Å². The van der Waals surface area contributed by atoms with E-state index in [1.165, 1.54) is 17.7 Å². The lowest BCUT2D eigenvalue weighted by molar-refractivity contribution is 0.425. The molecule has 1 saturated heterocycles. The van der Waals surface area contributed by atoms with Crippen LogP contribution in [-0.2, 0) is 19.9 Å². The SMILES string of the molecule is Cn1cc2c(NCC3CN(c4cc5c(nn4)CCC5)C3)ncnc2n1. The smallest absolute Gasteiger partial charge is 0.186 e. The van der Waals surface area contributed by atoms with Gasteiger partial charge in [-0.25, -0.2) is 9.97 Å². The number of nitrogens with one attached hydrogen (secondary N) is 1. The Morgan fingerprint density at radius 2 is 2.12 bits per heavy atom. The monoisotopic (exact) mass is 336 g/mol. The third kappa shape index (κ3) is 2.57. The molecule has 0 bridgehead atoms. The first-order valence-corrected chi connectivity index (χ1v) is 8.75. The minimum absolute atomic E-state index is 0.580. The molecule has 0 atom stereocenters. The molecule has 4 heterocycles. The summed E-state index contributed by atoms with van der Waals surface area (Å²) < 4.78 is 1.77. The van der Waals surface area contributed by atoms with Gasteiger partial charge in [-0.05, 0) is 30.9 Å². The molecule has 0 saturated carbocycles. The van der Waals surface area contributed by atoms with Crippen molar-refractivity contribution in [1.82, 2.24) is 29.9 Å². The van der Waals surface area contributed by atoms with Gasteiger partial charge >= 0.3 is 0 Å². The van der Waals surface area contributed by atoms with Crippen LogP contribution < -0.4 is 10.2 Å². The van der Waals surface area contributed by atoms with Crippen molar-refractivity contribution in [2.24, 2.45) is 13.0 Å². The third-order valence-corrected chi connectivity index (χ3v) is 5.08. The second-order valence-electron chi connectivity index (χ2n) is 6.94. The molecule has 25 heavy (non-hydrogen) atoms. The van der Waals surface area contributed by atoms with Gasteiger partial charge in [0.05, 0.1) is 11.1 Å². The Bertz CT molecular complexity index is 928. The lowest BCUT2D eigenvalue weighted by Crippen LogP contribution is -2.50. The minimum atomic E-state index is 0.580. The standard InChI is InChI=1S/C17H20N8/c1-24-9-13-16(19-10-20-17(13)23-24)18-6-11-7-25(8-11)15-5-12-3-2-4-14(12)21-22-15/h5,9-11H,2-4,6-8H2,1H3,(H,18,19,20,23). The van der Waals surface area contributed by atoms with Gasteiger partial charge in [0, 0.05) is 38.8 Å². The highest BCUT2D eigenvalue weighted by atomic mass is 15.3. The highest BCUT2D eigenvalue weighted by Gasteiger charge is 2.29. The lowest BCUT2D eigenvalue weighted by Gasteiger charge is -2.40. The van der Waals surface area contributed by atoms with Gasteiger partial charge in [-0.3, -0.25) is 4.68 Å². The fourth-order valence-electron chi connectivity index (χ4n) is 3.69. The van der Waals surface area contributed by atoms with Crippen molar-refractivity contribution in [2.45, 2.75) is 19.3 Å². The summed E-state index contributed by atoms with van der Waals surface area (Å²) in [6, 6.07) is 2.22. The molecule has 0 aromatic carbocycles. The first kappa shape index (κ1) is 14.6. The van der Waals surface area contributed by atoms with Gasteiger partial charge in [-0.1, -0.05) is 0 Å². The van der Waals surface area contributed by atoms with Gasteiger partial charge in [0.2, 0.25) is 0 Å². The zero-order valence-electron chi connectivity index (χ0n) is 14.2. The number of anilines is 2.